The van der Waals surface area contributed by atoms with Crippen molar-refractivity contribution in [3.63, 3.8) is 0 Å². The van der Waals surface area contributed by atoms with Gasteiger partial charge in [0, 0.05) is 9.75 Å². The summed E-state index contributed by atoms with van der Waals surface area (Å²) in [7, 11) is 0. The van der Waals surface area contributed by atoms with E-state index in [1.165, 1.54) is 24.1 Å². The van der Waals surface area contributed by atoms with Crippen LogP contribution in [0.4, 0.5) is 0 Å². The average Bonchev–Trinajstić information content (AvgIpc) is 2.60. The second kappa shape index (κ2) is 3.69. The van der Waals surface area contributed by atoms with Crippen LogP contribution in [0.15, 0.2) is 0 Å². The molecule has 2 unspecified atom stereocenters. The molecular weight excluding hydrogens is 188 g/mol. The Bertz CT molecular complexity index is 335. The SMILES string of the molecule is Cc1sc(C)c(C2CCCC2C)c1C. The van der Waals surface area contributed by atoms with Gasteiger partial charge in [0.15, 0.2) is 0 Å². The van der Waals surface area contributed by atoms with Crippen molar-refractivity contribution in [3.8, 4) is 0 Å². The Balaban J connectivity index is 2.39. The zero-order chi connectivity index (χ0) is 10.3. The second-order valence-corrected chi connectivity index (χ2v) is 6.20. The van der Waals surface area contributed by atoms with Crippen LogP contribution in [-0.4, -0.2) is 0 Å². The molecule has 0 saturated heterocycles. The fraction of sp³-hybridized carbons (Fsp3) is 0.692. The molecule has 1 aliphatic carbocycles. The molecule has 0 aliphatic heterocycles. The van der Waals surface area contributed by atoms with Crippen LogP contribution in [0.3, 0.4) is 0 Å². The van der Waals surface area contributed by atoms with Crippen LogP contribution < -0.4 is 0 Å². The molecule has 2 atom stereocenters. The van der Waals surface area contributed by atoms with Crippen LogP contribution in [-0.2, 0) is 0 Å². The molecule has 0 nitrogen and oxygen atoms in total. The van der Waals surface area contributed by atoms with E-state index in [0.29, 0.717) is 0 Å². The summed E-state index contributed by atoms with van der Waals surface area (Å²) in [6.07, 6.45) is 4.27. The van der Waals surface area contributed by atoms with E-state index in [9.17, 15) is 0 Å². The molecule has 78 valence electrons. The first-order valence-electron chi connectivity index (χ1n) is 5.67. The van der Waals surface area contributed by atoms with E-state index < -0.39 is 0 Å². The maximum atomic E-state index is 2.42. The predicted molar refractivity (Wildman–Crippen MR) is 64.3 cm³/mol. The molecule has 1 heterocycles. The fourth-order valence-electron chi connectivity index (χ4n) is 2.93. The van der Waals surface area contributed by atoms with E-state index in [1.807, 2.05) is 11.3 Å². The minimum atomic E-state index is 0.861. The largest absolute Gasteiger partial charge is 0.145 e. The van der Waals surface area contributed by atoms with Crippen LogP contribution in [0.5, 0.6) is 0 Å². The summed E-state index contributed by atoms with van der Waals surface area (Å²) in [6, 6.07) is 0. The van der Waals surface area contributed by atoms with Crippen molar-refractivity contribution in [2.75, 3.05) is 0 Å². The highest BCUT2D eigenvalue weighted by Gasteiger charge is 2.28. The van der Waals surface area contributed by atoms with Gasteiger partial charge < -0.3 is 0 Å². The summed E-state index contributed by atoms with van der Waals surface area (Å²) in [5, 5.41) is 0. The predicted octanol–water partition coefficient (Wildman–Crippen LogP) is 4.58. The molecule has 0 aromatic carbocycles. The Hall–Kier alpha value is -0.300. The van der Waals surface area contributed by atoms with E-state index in [0.717, 1.165) is 11.8 Å². The molecule has 1 aromatic rings. The molecule has 14 heavy (non-hydrogen) atoms. The third kappa shape index (κ3) is 1.52. The summed E-state index contributed by atoms with van der Waals surface area (Å²) in [6.45, 7) is 9.28. The normalized spacial score (nSPS) is 27.1. The van der Waals surface area contributed by atoms with Gasteiger partial charge in [0.25, 0.3) is 0 Å². The average molecular weight is 208 g/mol. The van der Waals surface area contributed by atoms with Gasteiger partial charge >= 0.3 is 0 Å². The molecule has 1 saturated carbocycles. The van der Waals surface area contributed by atoms with Gasteiger partial charge in [-0.15, -0.1) is 11.3 Å². The van der Waals surface area contributed by atoms with Crippen molar-refractivity contribution in [3.05, 3.63) is 20.9 Å². The highest BCUT2D eigenvalue weighted by Crippen LogP contribution is 2.44. The lowest BCUT2D eigenvalue weighted by molar-refractivity contribution is 0.530. The van der Waals surface area contributed by atoms with Crippen LogP contribution >= 0.6 is 11.3 Å². The molecule has 1 heteroatoms. The van der Waals surface area contributed by atoms with Crippen molar-refractivity contribution in [2.45, 2.75) is 52.9 Å². The topological polar surface area (TPSA) is 0 Å². The van der Waals surface area contributed by atoms with Gasteiger partial charge in [-0.1, -0.05) is 19.8 Å². The monoisotopic (exact) mass is 208 g/mol. The van der Waals surface area contributed by atoms with Crippen molar-refractivity contribution in [1.82, 2.24) is 0 Å². The first kappa shape index (κ1) is 10.2. The van der Waals surface area contributed by atoms with Crippen molar-refractivity contribution in [2.24, 2.45) is 5.92 Å². The minimum Gasteiger partial charge on any atom is -0.145 e. The van der Waals surface area contributed by atoms with Gasteiger partial charge in [-0.25, -0.2) is 0 Å². The highest BCUT2D eigenvalue weighted by molar-refractivity contribution is 7.12. The van der Waals surface area contributed by atoms with Gasteiger partial charge in [0.05, 0.1) is 0 Å². The Morgan fingerprint density at radius 1 is 1.07 bits per heavy atom. The van der Waals surface area contributed by atoms with Crippen LogP contribution in [0.25, 0.3) is 0 Å². The van der Waals surface area contributed by atoms with Crippen molar-refractivity contribution in [1.29, 1.82) is 0 Å². The summed E-state index contributed by atoms with van der Waals surface area (Å²) < 4.78 is 0. The van der Waals surface area contributed by atoms with Gasteiger partial charge in [0.2, 0.25) is 0 Å². The van der Waals surface area contributed by atoms with Gasteiger partial charge in [-0.2, -0.15) is 0 Å². The van der Waals surface area contributed by atoms with E-state index in [1.54, 1.807) is 16.0 Å². The second-order valence-electron chi connectivity index (χ2n) is 4.77. The summed E-state index contributed by atoms with van der Waals surface area (Å²) in [5.41, 5.74) is 3.27. The maximum absolute atomic E-state index is 2.42. The van der Waals surface area contributed by atoms with Crippen LogP contribution in [0, 0.1) is 26.7 Å². The van der Waals surface area contributed by atoms with Crippen molar-refractivity contribution >= 4 is 11.3 Å². The van der Waals surface area contributed by atoms with Gasteiger partial charge in [-0.3, -0.25) is 0 Å². The van der Waals surface area contributed by atoms with Crippen LogP contribution in [0.2, 0.25) is 0 Å². The Kier molecular flexibility index (Phi) is 2.70. The number of aryl methyl sites for hydroxylation is 2. The number of thiophene rings is 1. The van der Waals surface area contributed by atoms with Crippen molar-refractivity contribution < 1.29 is 0 Å². The lowest BCUT2D eigenvalue weighted by Gasteiger charge is -2.16. The molecule has 0 N–H and O–H groups in total. The maximum Gasteiger partial charge on any atom is 0.00547 e. The molecule has 0 amide bonds. The Morgan fingerprint density at radius 2 is 1.79 bits per heavy atom. The molecule has 0 bridgehead atoms. The number of rotatable bonds is 1. The lowest BCUT2D eigenvalue weighted by atomic mass is 9.88. The van der Waals surface area contributed by atoms with E-state index in [2.05, 4.69) is 27.7 Å². The van der Waals surface area contributed by atoms with E-state index in [-0.39, 0.29) is 0 Å². The molecule has 1 fully saturated rings. The molecule has 0 radical (unpaired) electrons. The third-order valence-electron chi connectivity index (χ3n) is 3.85. The molecular formula is C13H20S. The summed E-state index contributed by atoms with van der Waals surface area (Å²) >= 11 is 1.98. The third-order valence-corrected chi connectivity index (χ3v) is 4.99. The van der Waals surface area contributed by atoms with Gasteiger partial charge in [0.1, 0.15) is 0 Å². The molecule has 2 rings (SSSR count). The summed E-state index contributed by atoms with van der Waals surface area (Å²) in [4.78, 5) is 3.09. The summed E-state index contributed by atoms with van der Waals surface area (Å²) in [5.74, 6) is 1.77. The quantitative estimate of drug-likeness (QED) is 0.634. The fourth-order valence-corrected chi connectivity index (χ4v) is 4.07. The van der Waals surface area contributed by atoms with Crippen LogP contribution in [0.1, 0.15) is 53.0 Å². The standard InChI is InChI=1S/C13H20S/c1-8-6-5-7-12(8)13-9(2)10(3)14-11(13)4/h8,12H,5-7H2,1-4H3. The first-order chi connectivity index (χ1) is 6.61. The van der Waals surface area contributed by atoms with Gasteiger partial charge in [-0.05, 0) is 50.2 Å². The first-order valence-corrected chi connectivity index (χ1v) is 6.49. The molecule has 1 aromatic heterocycles. The highest BCUT2D eigenvalue weighted by atomic mass is 32.1. The molecule has 1 aliphatic rings. The van der Waals surface area contributed by atoms with E-state index >= 15 is 0 Å². The molecule has 0 spiro atoms. The zero-order valence-electron chi connectivity index (χ0n) is 9.68. The Labute approximate surface area is 91.4 Å². The van der Waals surface area contributed by atoms with E-state index in [4.69, 9.17) is 0 Å². The number of hydrogen-bond donors (Lipinski definition) is 0. The Morgan fingerprint density at radius 3 is 2.21 bits per heavy atom. The zero-order valence-corrected chi connectivity index (χ0v) is 10.5. The minimum absolute atomic E-state index is 0.861. The lowest BCUT2D eigenvalue weighted by Crippen LogP contribution is -2.03. The number of hydrogen-bond acceptors (Lipinski definition) is 1. The smallest absolute Gasteiger partial charge is 0.00547 e.